The summed E-state index contributed by atoms with van der Waals surface area (Å²) in [5, 5.41) is 12.4. The predicted molar refractivity (Wildman–Crippen MR) is 86.7 cm³/mol. The zero-order chi connectivity index (χ0) is 14.4. The molecular weight excluding hydrogens is 268 g/mol. The minimum atomic E-state index is 0.218. The highest BCUT2D eigenvalue weighted by atomic mass is 32.1. The van der Waals surface area contributed by atoms with E-state index >= 15 is 0 Å². The van der Waals surface area contributed by atoms with Crippen molar-refractivity contribution in [3.63, 3.8) is 0 Å². The topological polar surface area (TPSA) is 58.3 Å². The van der Waals surface area contributed by atoms with Gasteiger partial charge in [0.15, 0.2) is 5.11 Å². The molecule has 2 rings (SSSR count). The van der Waals surface area contributed by atoms with Crippen LogP contribution in [-0.2, 0) is 6.42 Å². The van der Waals surface area contributed by atoms with E-state index in [9.17, 15) is 0 Å². The Labute approximate surface area is 126 Å². The molecule has 1 aliphatic carbocycles. The first-order chi connectivity index (χ1) is 9.70. The largest absolute Gasteiger partial charge is 0.396 e. The normalized spacial score (nSPS) is 15.8. The Hall–Kier alpha value is -1.13. The van der Waals surface area contributed by atoms with Crippen molar-refractivity contribution in [2.24, 2.45) is 11.7 Å². The summed E-state index contributed by atoms with van der Waals surface area (Å²) in [6.07, 6.45) is 5.72. The molecule has 0 bridgehead atoms. The molecule has 0 aliphatic heterocycles. The van der Waals surface area contributed by atoms with Crippen molar-refractivity contribution >= 4 is 17.3 Å². The first-order valence-electron chi connectivity index (χ1n) is 7.43. The molecule has 1 fully saturated rings. The van der Waals surface area contributed by atoms with Crippen molar-refractivity contribution in [1.29, 1.82) is 0 Å². The van der Waals surface area contributed by atoms with Gasteiger partial charge < -0.3 is 16.2 Å². The molecule has 0 amide bonds. The number of nitrogens with two attached hydrogens (primary N) is 1. The molecule has 1 aromatic rings. The van der Waals surface area contributed by atoms with Crippen LogP contribution in [0.15, 0.2) is 24.3 Å². The average molecular weight is 292 g/mol. The predicted octanol–water partition coefficient (Wildman–Crippen LogP) is 2.33. The summed E-state index contributed by atoms with van der Waals surface area (Å²) in [6, 6.07) is 8.76. The van der Waals surface area contributed by atoms with Crippen molar-refractivity contribution in [3.05, 3.63) is 35.4 Å². The molecule has 1 unspecified atom stereocenters. The molecule has 0 aromatic heterocycles. The van der Waals surface area contributed by atoms with Crippen LogP contribution in [0.2, 0.25) is 0 Å². The van der Waals surface area contributed by atoms with E-state index in [4.69, 9.17) is 23.1 Å². The first kappa shape index (κ1) is 15.3. The van der Waals surface area contributed by atoms with Gasteiger partial charge in [-0.2, -0.15) is 0 Å². The Kier molecular flexibility index (Phi) is 5.80. The minimum Gasteiger partial charge on any atom is -0.396 e. The van der Waals surface area contributed by atoms with Gasteiger partial charge in [-0.25, -0.2) is 0 Å². The molecule has 4 heteroatoms. The van der Waals surface area contributed by atoms with Crippen molar-refractivity contribution in [3.8, 4) is 0 Å². The van der Waals surface area contributed by atoms with Gasteiger partial charge in [-0.05, 0) is 67.3 Å². The molecule has 1 aromatic carbocycles. The number of benzene rings is 1. The maximum Gasteiger partial charge on any atom is 0.163 e. The van der Waals surface area contributed by atoms with E-state index in [0.29, 0.717) is 11.0 Å². The fraction of sp³-hybridized carbons (Fsp3) is 0.562. The quantitative estimate of drug-likeness (QED) is 0.508. The lowest BCUT2D eigenvalue weighted by molar-refractivity contribution is 0.299. The van der Waals surface area contributed by atoms with Gasteiger partial charge in [0.05, 0.1) is 0 Å². The fourth-order valence-electron chi connectivity index (χ4n) is 2.77. The van der Waals surface area contributed by atoms with Crippen LogP contribution in [0, 0.1) is 5.92 Å². The second-order valence-electron chi connectivity index (χ2n) is 5.59. The zero-order valence-electron chi connectivity index (χ0n) is 11.8. The van der Waals surface area contributed by atoms with Crippen molar-refractivity contribution in [2.45, 2.75) is 38.0 Å². The van der Waals surface area contributed by atoms with Crippen LogP contribution >= 0.6 is 12.2 Å². The lowest BCUT2D eigenvalue weighted by atomic mass is 9.89. The number of hydrogen-bond donors (Lipinski definition) is 3. The van der Waals surface area contributed by atoms with Crippen LogP contribution < -0.4 is 11.1 Å². The average Bonchev–Trinajstić information content (AvgIpc) is 3.25. The van der Waals surface area contributed by atoms with E-state index in [2.05, 4.69) is 29.6 Å². The van der Waals surface area contributed by atoms with Crippen LogP contribution in [0.1, 0.15) is 42.7 Å². The number of aliphatic hydroxyl groups excluding tert-OH is 1. The Morgan fingerprint density at radius 1 is 1.35 bits per heavy atom. The number of thiocarbonyl (C=S) groups is 1. The van der Waals surface area contributed by atoms with Gasteiger partial charge in [-0.1, -0.05) is 24.3 Å². The summed E-state index contributed by atoms with van der Waals surface area (Å²) in [6.45, 7) is 1.08. The van der Waals surface area contributed by atoms with Gasteiger partial charge in [0.2, 0.25) is 0 Å². The molecule has 0 radical (unpaired) electrons. The summed E-state index contributed by atoms with van der Waals surface area (Å²) in [5.74, 6) is 1.51. The standard InChI is InChI=1S/C16H24N2OS/c17-16(20)18-10-1-2-15(14-7-8-14)13-5-3-12(4-6-13)9-11-19/h3-6,14-15,19H,1-2,7-11H2,(H3,17,18,20). The van der Waals surface area contributed by atoms with Crippen molar-refractivity contribution in [1.82, 2.24) is 5.32 Å². The lowest BCUT2D eigenvalue weighted by Gasteiger charge is -2.17. The van der Waals surface area contributed by atoms with E-state index in [0.717, 1.165) is 25.3 Å². The Morgan fingerprint density at radius 3 is 2.60 bits per heavy atom. The molecule has 0 saturated heterocycles. The van der Waals surface area contributed by atoms with E-state index in [1.807, 2.05) is 0 Å². The molecule has 0 heterocycles. The third kappa shape index (κ3) is 4.76. The number of aliphatic hydroxyl groups is 1. The molecule has 1 aliphatic rings. The third-order valence-electron chi connectivity index (χ3n) is 3.99. The van der Waals surface area contributed by atoms with Gasteiger partial charge in [0.25, 0.3) is 0 Å². The summed E-state index contributed by atoms with van der Waals surface area (Å²) < 4.78 is 0. The maximum atomic E-state index is 8.96. The molecule has 1 atom stereocenters. The molecule has 20 heavy (non-hydrogen) atoms. The molecule has 4 N–H and O–H groups in total. The smallest absolute Gasteiger partial charge is 0.163 e. The molecule has 1 saturated carbocycles. The molecule has 0 spiro atoms. The van der Waals surface area contributed by atoms with Crippen LogP contribution in [0.4, 0.5) is 0 Å². The highest BCUT2D eigenvalue weighted by molar-refractivity contribution is 7.80. The molecule has 3 nitrogen and oxygen atoms in total. The van der Waals surface area contributed by atoms with E-state index in [1.165, 1.54) is 30.4 Å². The Morgan fingerprint density at radius 2 is 2.05 bits per heavy atom. The molecule has 110 valence electrons. The first-order valence-corrected chi connectivity index (χ1v) is 7.84. The van der Waals surface area contributed by atoms with Crippen LogP contribution in [0.3, 0.4) is 0 Å². The summed E-state index contributed by atoms with van der Waals surface area (Å²) in [5.41, 5.74) is 8.08. The van der Waals surface area contributed by atoms with Crippen molar-refractivity contribution in [2.75, 3.05) is 13.2 Å². The lowest BCUT2D eigenvalue weighted by Crippen LogP contribution is -2.29. The SMILES string of the molecule is NC(=S)NCCCC(c1ccc(CCO)cc1)C1CC1. The zero-order valence-corrected chi connectivity index (χ0v) is 12.7. The summed E-state index contributed by atoms with van der Waals surface area (Å²) in [4.78, 5) is 0. The highest BCUT2D eigenvalue weighted by Gasteiger charge is 2.31. The second-order valence-corrected chi connectivity index (χ2v) is 6.03. The fourth-order valence-corrected chi connectivity index (χ4v) is 2.87. The van der Waals surface area contributed by atoms with Gasteiger partial charge in [0.1, 0.15) is 0 Å². The maximum absolute atomic E-state index is 8.96. The Balaban J connectivity index is 1.89. The number of hydrogen-bond acceptors (Lipinski definition) is 2. The number of nitrogens with one attached hydrogen (secondary N) is 1. The van der Waals surface area contributed by atoms with Crippen LogP contribution in [0.5, 0.6) is 0 Å². The second kappa shape index (κ2) is 7.60. The van der Waals surface area contributed by atoms with Crippen LogP contribution in [0.25, 0.3) is 0 Å². The van der Waals surface area contributed by atoms with Gasteiger partial charge in [-0.3, -0.25) is 0 Å². The van der Waals surface area contributed by atoms with Gasteiger partial charge >= 0.3 is 0 Å². The van der Waals surface area contributed by atoms with Gasteiger partial charge in [-0.15, -0.1) is 0 Å². The Bertz CT molecular complexity index is 429. The highest BCUT2D eigenvalue weighted by Crippen LogP contribution is 2.45. The van der Waals surface area contributed by atoms with E-state index in [1.54, 1.807) is 0 Å². The minimum absolute atomic E-state index is 0.218. The number of rotatable bonds is 8. The van der Waals surface area contributed by atoms with E-state index < -0.39 is 0 Å². The van der Waals surface area contributed by atoms with E-state index in [-0.39, 0.29) is 6.61 Å². The van der Waals surface area contributed by atoms with Crippen LogP contribution in [-0.4, -0.2) is 23.4 Å². The van der Waals surface area contributed by atoms with Gasteiger partial charge in [0, 0.05) is 13.2 Å². The van der Waals surface area contributed by atoms with Crippen molar-refractivity contribution < 1.29 is 5.11 Å². The molecular formula is C16H24N2OS. The summed E-state index contributed by atoms with van der Waals surface area (Å²) in [7, 11) is 0. The summed E-state index contributed by atoms with van der Waals surface area (Å²) >= 11 is 4.82. The monoisotopic (exact) mass is 292 g/mol. The third-order valence-corrected chi connectivity index (χ3v) is 4.13.